The normalized spacial score (nSPS) is 25.6. The highest BCUT2D eigenvalue weighted by molar-refractivity contribution is 5.75. The van der Waals surface area contributed by atoms with Crippen LogP contribution < -0.4 is 0 Å². The van der Waals surface area contributed by atoms with Crippen LogP contribution in [0.4, 0.5) is 0 Å². The molecule has 2 atom stereocenters. The quantitative estimate of drug-likeness (QED) is 0.759. The molecule has 1 heterocycles. The van der Waals surface area contributed by atoms with E-state index in [1.165, 1.54) is 7.11 Å². The van der Waals surface area contributed by atoms with Crippen molar-refractivity contribution in [3.05, 3.63) is 0 Å². The molecule has 4 nitrogen and oxygen atoms in total. The highest BCUT2D eigenvalue weighted by Crippen LogP contribution is 2.24. The lowest BCUT2D eigenvalue weighted by atomic mass is 9.90. The summed E-state index contributed by atoms with van der Waals surface area (Å²) in [5.41, 5.74) is -0.760. The summed E-state index contributed by atoms with van der Waals surface area (Å²) in [7, 11) is 1.43. The second-order valence-corrected chi connectivity index (χ2v) is 5.52. The Bertz CT molecular complexity index is 263. The van der Waals surface area contributed by atoms with Gasteiger partial charge in [0.1, 0.15) is 6.04 Å². The number of esters is 1. The molecular formula is C13H25NO3. The van der Waals surface area contributed by atoms with Gasteiger partial charge >= 0.3 is 5.97 Å². The molecule has 100 valence electrons. The lowest BCUT2D eigenvalue weighted by molar-refractivity contribution is -0.150. The van der Waals surface area contributed by atoms with Crippen molar-refractivity contribution in [1.29, 1.82) is 0 Å². The zero-order valence-corrected chi connectivity index (χ0v) is 11.4. The smallest absolute Gasteiger partial charge is 0.323 e. The van der Waals surface area contributed by atoms with E-state index in [0.717, 1.165) is 25.8 Å². The van der Waals surface area contributed by atoms with Crippen molar-refractivity contribution in [3.63, 3.8) is 0 Å². The highest BCUT2D eigenvalue weighted by Gasteiger charge is 2.35. The Balaban J connectivity index is 2.69. The number of β-amino-alcohol motifs (C(OH)–C–C–N with tert-alkyl or cyclic N) is 1. The molecule has 1 aliphatic heterocycles. The minimum absolute atomic E-state index is 0.169. The first-order valence-corrected chi connectivity index (χ1v) is 6.42. The summed E-state index contributed by atoms with van der Waals surface area (Å²) in [6, 6.07) is -0.182. The number of likely N-dealkylation sites (tertiary alicyclic amines) is 1. The summed E-state index contributed by atoms with van der Waals surface area (Å²) in [4.78, 5) is 13.8. The van der Waals surface area contributed by atoms with Crippen LogP contribution in [0.15, 0.2) is 0 Å². The number of methoxy groups -OCH3 is 1. The first kappa shape index (κ1) is 14.5. The van der Waals surface area contributed by atoms with Crippen molar-refractivity contribution >= 4 is 5.97 Å². The van der Waals surface area contributed by atoms with E-state index in [0.29, 0.717) is 6.54 Å². The molecular weight excluding hydrogens is 218 g/mol. The predicted octanol–water partition coefficient (Wildman–Crippen LogP) is 1.42. The number of ether oxygens (including phenoxy) is 1. The Hall–Kier alpha value is -0.610. The van der Waals surface area contributed by atoms with Crippen LogP contribution in [0.2, 0.25) is 0 Å². The van der Waals surface area contributed by atoms with E-state index in [1.54, 1.807) is 0 Å². The Morgan fingerprint density at radius 2 is 2.18 bits per heavy atom. The number of carbonyl (C=O) groups is 1. The molecule has 1 saturated heterocycles. The summed E-state index contributed by atoms with van der Waals surface area (Å²) in [5, 5.41) is 10.3. The maximum atomic E-state index is 11.7. The summed E-state index contributed by atoms with van der Waals surface area (Å²) in [5.74, 6) is -0.00743. The molecule has 1 rings (SSSR count). The standard InChI is InChI=1S/C13H25NO3/c1-10(2)13(3,16)9-14-8-6-5-7-11(14)12(15)17-4/h10-11,16H,5-9H2,1-4H3. The van der Waals surface area contributed by atoms with Crippen molar-refractivity contribution in [1.82, 2.24) is 4.90 Å². The largest absolute Gasteiger partial charge is 0.468 e. The first-order valence-electron chi connectivity index (χ1n) is 6.42. The minimum Gasteiger partial charge on any atom is -0.468 e. The van der Waals surface area contributed by atoms with Gasteiger partial charge in [0.25, 0.3) is 0 Å². The van der Waals surface area contributed by atoms with E-state index in [4.69, 9.17) is 4.74 Å². The number of piperidine rings is 1. The van der Waals surface area contributed by atoms with Gasteiger partial charge in [0, 0.05) is 6.54 Å². The van der Waals surface area contributed by atoms with Gasteiger partial charge in [0.05, 0.1) is 12.7 Å². The number of rotatable bonds is 4. The summed E-state index contributed by atoms with van der Waals surface area (Å²) in [6.07, 6.45) is 2.97. The molecule has 0 bridgehead atoms. The van der Waals surface area contributed by atoms with Crippen LogP contribution in [0, 0.1) is 5.92 Å². The third-order valence-electron chi connectivity index (χ3n) is 3.85. The van der Waals surface area contributed by atoms with E-state index >= 15 is 0 Å². The van der Waals surface area contributed by atoms with E-state index in [9.17, 15) is 9.90 Å². The van der Waals surface area contributed by atoms with Crippen LogP contribution in [0.1, 0.15) is 40.0 Å². The molecule has 1 N–H and O–H groups in total. The van der Waals surface area contributed by atoms with Crippen molar-refractivity contribution in [2.24, 2.45) is 5.92 Å². The maximum Gasteiger partial charge on any atom is 0.323 e. The maximum absolute atomic E-state index is 11.7. The zero-order valence-electron chi connectivity index (χ0n) is 11.4. The van der Waals surface area contributed by atoms with E-state index in [-0.39, 0.29) is 17.9 Å². The van der Waals surface area contributed by atoms with Crippen LogP contribution in [0.25, 0.3) is 0 Å². The average molecular weight is 243 g/mol. The van der Waals surface area contributed by atoms with Gasteiger partial charge in [0.15, 0.2) is 0 Å². The topological polar surface area (TPSA) is 49.8 Å². The summed E-state index contributed by atoms with van der Waals surface area (Å²) >= 11 is 0. The molecule has 2 unspecified atom stereocenters. The fourth-order valence-electron chi connectivity index (χ4n) is 2.18. The molecule has 17 heavy (non-hydrogen) atoms. The third kappa shape index (κ3) is 3.68. The van der Waals surface area contributed by atoms with Gasteiger partial charge in [-0.2, -0.15) is 0 Å². The third-order valence-corrected chi connectivity index (χ3v) is 3.85. The molecule has 0 aromatic rings. The van der Waals surface area contributed by atoms with E-state index in [2.05, 4.69) is 4.90 Å². The zero-order chi connectivity index (χ0) is 13.1. The van der Waals surface area contributed by atoms with Gasteiger partial charge in [0.2, 0.25) is 0 Å². The fourth-order valence-corrected chi connectivity index (χ4v) is 2.18. The molecule has 0 radical (unpaired) electrons. The van der Waals surface area contributed by atoms with E-state index in [1.807, 2.05) is 20.8 Å². The molecule has 0 saturated carbocycles. The SMILES string of the molecule is COC(=O)C1CCCCN1CC(C)(O)C(C)C. The Morgan fingerprint density at radius 1 is 1.53 bits per heavy atom. The first-order chi connectivity index (χ1) is 7.88. The number of hydrogen-bond donors (Lipinski definition) is 1. The van der Waals surface area contributed by atoms with Gasteiger partial charge in [-0.25, -0.2) is 0 Å². The lowest BCUT2D eigenvalue weighted by Crippen LogP contribution is -2.53. The van der Waals surface area contributed by atoms with Gasteiger partial charge in [-0.15, -0.1) is 0 Å². The summed E-state index contributed by atoms with van der Waals surface area (Å²) < 4.78 is 4.83. The average Bonchev–Trinajstić information content (AvgIpc) is 2.28. The van der Waals surface area contributed by atoms with Gasteiger partial charge in [-0.3, -0.25) is 9.69 Å². The second kappa shape index (κ2) is 5.83. The molecule has 1 fully saturated rings. The van der Waals surface area contributed by atoms with Crippen molar-refractivity contribution < 1.29 is 14.6 Å². The van der Waals surface area contributed by atoms with Crippen LogP contribution in [0.3, 0.4) is 0 Å². The molecule has 1 aliphatic rings. The summed E-state index contributed by atoms with van der Waals surface area (Å²) in [6.45, 7) is 7.22. The molecule has 0 amide bonds. The Labute approximate surface area is 104 Å². The monoisotopic (exact) mass is 243 g/mol. The molecule has 0 aliphatic carbocycles. The Kier molecular flexibility index (Phi) is 4.95. The van der Waals surface area contributed by atoms with Crippen molar-refractivity contribution in [3.8, 4) is 0 Å². The molecule has 4 heteroatoms. The van der Waals surface area contributed by atoms with Crippen LogP contribution in [0.5, 0.6) is 0 Å². The van der Waals surface area contributed by atoms with Crippen LogP contribution in [-0.4, -0.2) is 47.8 Å². The van der Waals surface area contributed by atoms with Crippen LogP contribution in [-0.2, 0) is 9.53 Å². The number of hydrogen-bond acceptors (Lipinski definition) is 4. The Morgan fingerprint density at radius 3 is 2.71 bits per heavy atom. The van der Waals surface area contributed by atoms with Crippen molar-refractivity contribution in [2.75, 3.05) is 20.2 Å². The van der Waals surface area contributed by atoms with Gasteiger partial charge in [-0.05, 0) is 32.2 Å². The van der Waals surface area contributed by atoms with Crippen LogP contribution >= 0.6 is 0 Å². The van der Waals surface area contributed by atoms with E-state index < -0.39 is 5.60 Å². The van der Waals surface area contributed by atoms with Gasteiger partial charge in [-0.1, -0.05) is 20.3 Å². The second-order valence-electron chi connectivity index (χ2n) is 5.52. The van der Waals surface area contributed by atoms with Crippen molar-refractivity contribution in [2.45, 2.75) is 51.7 Å². The predicted molar refractivity (Wildman–Crippen MR) is 66.7 cm³/mol. The highest BCUT2D eigenvalue weighted by atomic mass is 16.5. The lowest BCUT2D eigenvalue weighted by Gasteiger charge is -2.40. The number of aliphatic hydroxyl groups is 1. The number of nitrogens with zero attached hydrogens (tertiary/aromatic N) is 1. The fraction of sp³-hybridized carbons (Fsp3) is 0.923. The molecule has 0 aromatic heterocycles. The minimum atomic E-state index is -0.760. The van der Waals surface area contributed by atoms with Gasteiger partial charge < -0.3 is 9.84 Å². The number of carbonyl (C=O) groups excluding carboxylic acids is 1. The molecule has 0 aromatic carbocycles. The molecule has 0 spiro atoms.